The first-order valence-electron chi connectivity index (χ1n) is 11.5. The van der Waals surface area contributed by atoms with Crippen LogP contribution in [0.1, 0.15) is 60.9 Å². The summed E-state index contributed by atoms with van der Waals surface area (Å²) in [7, 11) is 0. The third-order valence-corrected chi connectivity index (χ3v) is 7.06. The largest absolute Gasteiger partial charge is 0.338 e. The molecule has 29 heavy (non-hydrogen) atoms. The summed E-state index contributed by atoms with van der Waals surface area (Å²) in [5.74, 6) is 1.15. The molecule has 0 aromatic heterocycles. The maximum absolute atomic E-state index is 13.1. The lowest BCUT2D eigenvalue weighted by Crippen LogP contribution is -2.52. The zero-order valence-corrected chi connectivity index (χ0v) is 17.8. The molecule has 2 unspecified atom stereocenters. The quantitative estimate of drug-likeness (QED) is 0.786. The summed E-state index contributed by atoms with van der Waals surface area (Å²) in [6, 6.07) is 8.31. The number of fused-ring (bicyclic) bond motifs is 1. The second-order valence-electron chi connectivity index (χ2n) is 9.13. The first kappa shape index (κ1) is 20.4. The summed E-state index contributed by atoms with van der Waals surface area (Å²) in [5, 5.41) is 0. The predicted octanol–water partition coefficient (Wildman–Crippen LogP) is 3.32. The lowest BCUT2D eigenvalue weighted by molar-refractivity contribution is -0.138. The molecule has 1 aromatic rings. The summed E-state index contributed by atoms with van der Waals surface area (Å²) < 4.78 is 0. The lowest BCUT2D eigenvalue weighted by Gasteiger charge is -2.44. The van der Waals surface area contributed by atoms with Crippen molar-refractivity contribution >= 4 is 11.8 Å². The van der Waals surface area contributed by atoms with Crippen LogP contribution in [0.2, 0.25) is 0 Å². The van der Waals surface area contributed by atoms with E-state index in [0.717, 1.165) is 56.1 Å². The van der Waals surface area contributed by atoms with Crippen LogP contribution in [0.3, 0.4) is 0 Å². The van der Waals surface area contributed by atoms with Crippen LogP contribution in [-0.2, 0) is 4.79 Å². The van der Waals surface area contributed by atoms with Gasteiger partial charge in [-0.1, -0.05) is 30.5 Å². The molecule has 0 radical (unpaired) electrons. The van der Waals surface area contributed by atoms with Crippen molar-refractivity contribution < 1.29 is 9.59 Å². The molecule has 1 aromatic carbocycles. The Balaban J connectivity index is 1.32. The van der Waals surface area contributed by atoms with Gasteiger partial charge in [0.25, 0.3) is 5.91 Å². The molecule has 3 aliphatic rings. The van der Waals surface area contributed by atoms with Crippen LogP contribution in [0.25, 0.3) is 0 Å². The topological polar surface area (TPSA) is 43.9 Å². The number of amides is 2. The minimum atomic E-state index is 0.114. The number of hydrogen-bond acceptors (Lipinski definition) is 3. The normalized spacial score (nSPS) is 26.0. The molecule has 2 amide bonds. The molecule has 2 aliphatic heterocycles. The molecule has 4 rings (SSSR count). The van der Waals surface area contributed by atoms with E-state index in [-0.39, 0.29) is 5.91 Å². The predicted molar refractivity (Wildman–Crippen MR) is 115 cm³/mol. The number of hydrogen-bond donors (Lipinski definition) is 0. The number of benzene rings is 1. The second kappa shape index (κ2) is 9.29. The Hall–Kier alpha value is -1.88. The van der Waals surface area contributed by atoms with Gasteiger partial charge < -0.3 is 9.80 Å². The Labute approximate surface area is 175 Å². The smallest absolute Gasteiger partial charge is 0.253 e. The lowest BCUT2D eigenvalue weighted by atomic mass is 9.78. The van der Waals surface area contributed by atoms with Crippen molar-refractivity contribution in [2.24, 2.45) is 5.92 Å². The number of carbonyl (C=O) groups excluding carboxylic acids is 2. The Morgan fingerprint density at radius 3 is 2.62 bits per heavy atom. The highest BCUT2D eigenvalue weighted by molar-refractivity contribution is 5.94. The van der Waals surface area contributed by atoms with Crippen molar-refractivity contribution in [3.8, 4) is 0 Å². The standard InChI is InChI=1S/C24H35N3O2/c1-19-7-4-9-21(17-19)24(29)26-13-6-12-25(15-16-26)18-23(28)27-14-5-10-20-8-2-3-11-22(20)27/h4,7,9,17,20,22H,2-3,5-6,8,10-16,18H2,1H3. The van der Waals surface area contributed by atoms with E-state index >= 15 is 0 Å². The summed E-state index contributed by atoms with van der Waals surface area (Å²) in [6.45, 7) is 6.61. The highest BCUT2D eigenvalue weighted by atomic mass is 16.2. The minimum absolute atomic E-state index is 0.114. The van der Waals surface area contributed by atoms with Gasteiger partial charge >= 0.3 is 0 Å². The zero-order chi connectivity index (χ0) is 20.2. The molecule has 1 aliphatic carbocycles. The monoisotopic (exact) mass is 397 g/mol. The molecule has 5 heteroatoms. The molecule has 2 atom stereocenters. The van der Waals surface area contributed by atoms with Gasteiger partial charge in [0.15, 0.2) is 0 Å². The average Bonchev–Trinajstić information content (AvgIpc) is 2.98. The Bertz CT molecular complexity index is 733. The fourth-order valence-corrected chi connectivity index (χ4v) is 5.51. The van der Waals surface area contributed by atoms with Crippen molar-refractivity contribution in [3.63, 3.8) is 0 Å². The number of piperidine rings is 1. The Morgan fingerprint density at radius 1 is 0.931 bits per heavy atom. The summed E-state index contributed by atoms with van der Waals surface area (Å²) in [4.78, 5) is 32.4. The third kappa shape index (κ3) is 4.82. The Morgan fingerprint density at radius 2 is 1.76 bits per heavy atom. The van der Waals surface area contributed by atoms with E-state index in [4.69, 9.17) is 0 Å². The number of carbonyl (C=O) groups is 2. The van der Waals surface area contributed by atoms with Crippen molar-refractivity contribution in [2.75, 3.05) is 39.3 Å². The number of rotatable bonds is 3. The molecule has 158 valence electrons. The summed E-state index contributed by atoms with van der Waals surface area (Å²) in [6.07, 6.45) is 8.48. The third-order valence-electron chi connectivity index (χ3n) is 7.06. The van der Waals surface area contributed by atoms with E-state index < -0.39 is 0 Å². The van der Waals surface area contributed by atoms with Gasteiger partial charge in [0.2, 0.25) is 5.91 Å². The van der Waals surface area contributed by atoms with Crippen molar-refractivity contribution in [1.29, 1.82) is 0 Å². The second-order valence-corrected chi connectivity index (χ2v) is 9.13. The van der Waals surface area contributed by atoms with Crippen LogP contribution in [0.15, 0.2) is 24.3 Å². The summed E-state index contributed by atoms with van der Waals surface area (Å²) in [5.41, 5.74) is 1.88. The van der Waals surface area contributed by atoms with Gasteiger partial charge in [0, 0.05) is 44.3 Å². The van der Waals surface area contributed by atoms with Gasteiger partial charge in [-0.25, -0.2) is 0 Å². The van der Waals surface area contributed by atoms with Crippen LogP contribution in [0.5, 0.6) is 0 Å². The average molecular weight is 398 g/mol. The highest BCUT2D eigenvalue weighted by Crippen LogP contribution is 2.35. The first-order chi connectivity index (χ1) is 14.1. The van der Waals surface area contributed by atoms with E-state index in [9.17, 15) is 9.59 Å². The molecule has 2 saturated heterocycles. The van der Waals surface area contributed by atoms with E-state index in [1.165, 1.54) is 32.1 Å². The van der Waals surface area contributed by atoms with E-state index in [1.54, 1.807) is 0 Å². The zero-order valence-electron chi connectivity index (χ0n) is 17.8. The van der Waals surface area contributed by atoms with Crippen molar-refractivity contribution in [2.45, 2.75) is 57.9 Å². The van der Waals surface area contributed by atoms with Gasteiger partial charge in [-0.2, -0.15) is 0 Å². The molecular weight excluding hydrogens is 362 g/mol. The molecule has 2 heterocycles. The van der Waals surface area contributed by atoms with Crippen LogP contribution < -0.4 is 0 Å². The molecule has 1 saturated carbocycles. The van der Waals surface area contributed by atoms with E-state index in [2.05, 4.69) is 9.80 Å². The van der Waals surface area contributed by atoms with Gasteiger partial charge in [-0.3, -0.25) is 14.5 Å². The number of nitrogens with zero attached hydrogens (tertiary/aromatic N) is 3. The maximum Gasteiger partial charge on any atom is 0.253 e. The molecular formula is C24H35N3O2. The van der Waals surface area contributed by atoms with Gasteiger partial charge in [0.05, 0.1) is 6.54 Å². The molecule has 5 nitrogen and oxygen atoms in total. The Kier molecular flexibility index (Phi) is 6.53. The van der Waals surface area contributed by atoms with Crippen LogP contribution in [0, 0.1) is 12.8 Å². The van der Waals surface area contributed by atoms with Gasteiger partial charge in [-0.05, 0) is 57.1 Å². The SMILES string of the molecule is Cc1cccc(C(=O)N2CCCN(CC(=O)N3CCCC4CCCCC43)CC2)c1. The van der Waals surface area contributed by atoms with Crippen LogP contribution >= 0.6 is 0 Å². The fraction of sp³-hybridized carbons (Fsp3) is 0.667. The number of aryl methyl sites for hydroxylation is 1. The van der Waals surface area contributed by atoms with E-state index in [0.29, 0.717) is 25.0 Å². The molecule has 0 bridgehead atoms. The minimum Gasteiger partial charge on any atom is -0.338 e. The van der Waals surface area contributed by atoms with Gasteiger partial charge in [-0.15, -0.1) is 0 Å². The van der Waals surface area contributed by atoms with Crippen LogP contribution in [0.4, 0.5) is 0 Å². The van der Waals surface area contributed by atoms with E-state index in [1.807, 2.05) is 36.1 Å². The molecule has 0 spiro atoms. The fourth-order valence-electron chi connectivity index (χ4n) is 5.51. The number of likely N-dealkylation sites (tertiary alicyclic amines) is 1. The maximum atomic E-state index is 13.1. The van der Waals surface area contributed by atoms with Crippen molar-refractivity contribution in [1.82, 2.24) is 14.7 Å². The van der Waals surface area contributed by atoms with Gasteiger partial charge in [0.1, 0.15) is 0 Å². The molecule has 3 fully saturated rings. The van der Waals surface area contributed by atoms with Crippen molar-refractivity contribution in [3.05, 3.63) is 35.4 Å². The highest BCUT2D eigenvalue weighted by Gasteiger charge is 2.36. The summed E-state index contributed by atoms with van der Waals surface area (Å²) >= 11 is 0. The first-order valence-corrected chi connectivity index (χ1v) is 11.5. The van der Waals surface area contributed by atoms with Crippen LogP contribution in [-0.4, -0.2) is 71.8 Å². The molecule has 0 N–H and O–H groups in total.